The van der Waals surface area contributed by atoms with Gasteiger partial charge in [-0.1, -0.05) is 93.6 Å². The van der Waals surface area contributed by atoms with Gasteiger partial charge in [0.25, 0.3) is 0 Å². The van der Waals surface area contributed by atoms with Crippen molar-refractivity contribution >= 4 is 21.7 Å². The lowest BCUT2D eigenvalue weighted by Crippen LogP contribution is -2.10. The van der Waals surface area contributed by atoms with Crippen molar-refractivity contribution in [2.45, 2.75) is 31.1 Å². The highest BCUT2D eigenvalue weighted by molar-refractivity contribution is 8.21. The van der Waals surface area contributed by atoms with E-state index in [1.165, 1.54) is 38.8 Å². The molecule has 0 N–H and O–H groups in total. The van der Waals surface area contributed by atoms with Crippen molar-refractivity contribution in [3.63, 3.8) is 0 Å². The maximum Gasteiger partial charge on any atom is 0.0390 e. The smallest absolute Gasteiger partial charge is 0.0390 e. The van der Waals surface area contributed by atoms with Crippen molar-refractivity contribution in [3.8, 4) is 22.3 Å². The molecule has 0 nitrogen and oxygen atoms in total. The monoisotopic (exact) mass is 352 g/mol. The molecule has 0 aromatic heterocycles. The summed E-state index contributed by atoms with van der Waals surface area (Å²) < 4.78 is 0. The molecular formula is C22H21ClS. The van der Waals surface area contributed by atoms with Gasteiger partial charge < -0.3 is 0 Å². The molecule has 24 heavy (non-hydrogen) atoms. The van der Waals surface area contributed by atoms with Crippen molar-refractivity contribution < 1.29 is 0 Å². The highest BCUT2D eigenvalue weighted by Gasteiger charge is 2.15. The van der Waals surface area contributed by atoms with E-state index in [1.807, 2.05) is 6.07 Å². The predicted octanol–water partition coefficient (Wildman–Crippen LogP) is 7.56. The minimum absolute atomic E-state index is 0.161. The molecule has 0 saturated heterocycles. The molecule has 3 aromatic rings. The van der Waals surface area contributed by atoms with E-state index < -0.39 is 0 Å². The average molecular weight is 353 g/mol. The number of hydrogen-bond acceptors (Lipinski definition) is 1. The molecule has 2 heteroatoms. The summed E-state index contributed by atoms with van der Waals surface area (Å²) >= 11 is 0. The Kier molecular flexibility index (Phi) is 5.03. The molecule has 0 saturated carbocycles. The van der Waals surface area contributed by atoms with Gasteiger partial charge in [-0.2, -0.15) is 0 Å². The van der Waals surface area contributed by atoms with Crippen LogP contribution >= 0.6 is 21.7 Å². The first-order valence-corrected chi connectivity index (χ1v) is 9.73. The third-order valence-electron chi connectivity index (χ3n) is 4.24. The fourth-order valence-electron chi connectivity index (χ4n) is 2.84. The Morgan fingerprint density at radius 2 is 1.21 bits per heavy atom. The fraction of sp³-hybridized carbons (Fsp3) is 0.182. The predicted molar refractivity (Wildman–Crippen MR) is 108 cm³/mol. The van der Waals surface area contributed by atoms with Crippen LogP contribution in [-0.4, -0.2) is 0 Å². The van der Waals surface area contributed by atoms with E-state index in [1.54, 1.807) is 0 Å². The molecule has 0 fully saturated rings. The van der Waals surface area contributed by atoms with Gasteiger partial charge in [0.05, 0.1) is 0 Å². The zero-order chi connectivity index (χ0) is 17.2. The van der Waals surface area contributed by atoms with Crippen LogP contribution in [0.15, 0.2) is 77.7 Å². The van der Waals surface area contributed by atoms with Crippen LogP contribution in [0.1, 0.15) is 26.3 Å². The molecule has 0 unspecified atom stereocenters. The summed E-state index contributed by atoms with van der Waals surface area (Å²) in [7, 11) is 7.55. The third-order valence-corrected chi connectivity index (χ3v) is 5.30. The summed E-state index contributed by atoms with van der Waals surface area (Å²) in [4.78, 5) is 1.11. The number of rotatable bonds is 3. The van der Waals surface area contributed by atoms with Crippen LogP contribution in [0, 0.1) is 0 Å². The van der Waals surface area contributed by atoms with Gasteiger partial charge in [-0.25, -0.2) is 0 Å². The summed E-state index contributed by atoms with van der Waals surface area (Å²) in [5.74, 6) is 0. The molecule has 0 aliphatic heterocycles. The van der Waals surface area contributed by atoms with Crippen LogP contribution in [0.25, 0.3) is 22.3 Å². The molecule has 0 radical (unpaired) electrons. The first-order valence-electron chi connectivity index (χ1n) is 8.08. The summed E-state index contributed by atoms with van der Waals surface area (Å²) in [6.07, 6.45) is 0. The summed E-state index contributed by atoms with van der Waals surface area (Å²) in [6.45, 7) is 6.70. The van der Waals surface area contributed by atoms with Crippen molar-refractivity contribution in [2.24, 2.45) is 0 Å². The van der Waals surface area contributed by atoms with Crippen LogP contribution < -0.4 is 0 Å². The standard InChI is InChI=1S/C22H21ClS/c1-22(2,3)18-14-12-17(13-15-18)20-11-7-10-19(21(20)24-23)16-8-5-4-6-9-16/h4-15H,1-3H3. The molecule has 0 heterocycles. The molecule has 3 rings (SSSR count). The Balaban J connectivity index is 2.09. The Morgan fingerprint density at radius 1 is 0.667 bits per heavy atom. The van der Waals surface area contributed by atoms with Gasteiger partial charge in [-0.05, 0) is 54.9 Å². The Morgan fingerprint density at radius 3 is 1.71 bits per heavy atom. The van der Waals surface area contributed by atoms with E-state index in [0.717, 1.165) is 4.90 Å². The SMILES string of the molecule is CC(C)(C)c1ccc(-c2cccc(-c3ccccc3)c2SCl)cc1. The van der Waals surface area contributed by atoms with E-state index in [2.05, 4.69) is 87.5 Å². The van der Waals surface area contributed by atoms with Crippen LogP contribution in [0.5, 0.6) is 0 Å². The zero-order valence-electron chi connectivity index (χ0n) is 14.2. The number of halogens is 1. The van der Waals surface area contributed by atoms with Gasteiger partial charge in [0.1, 0.15) is 0 Å². The lowest BCUT2D eigenvalue weighted by atomic mass is 9.86. The molecule has 0 atom stereocenters. The molecule has 0 spiro atoms. The molecule has 0 bridgehead atoms. The largest absolute Gasteiger partial charge is 0.0622 e. The Labute approximate surface area is 153 Å². The van der Waals surface area contributed by atoms with E-state index in [4.69, 9.17) is 10.7 Å². The van der Waals surface area contributed by atoms with Crippen LogP contribution in [-0.2, 0) is 5.41 Å². The Hall–Kier alpha value is -1.70. The maximum absolute atomic E-state index is 6.26. The number of hydrogen-bond donors (Lipinski definition) is 0. The lowest BCUT2D eigenvalue weighted by Gasteiger charge is -2.19. The fourth-order valence-corrected chi connectivity index (χ4v) is 3.88. The minimum atomic E-state index is 0.161. The van der Waals surface area contributed by atoms with Gasteiger partial charge in [0, 0.05) is 4.90 Å². The zero-order valence-corrected chi connectivity index (χ0v) is 15.8. The molecule has 122 valence electrons. The van der Waals surface area contributed by atoms with Crippen molar-refractivity contribution in [1.82, 2.24) is 0 Å². The van der Waals surface area contributed by atoms with E-state index >= 15 is 0 Å². The Bertz CT molecular complexity index is 815. The molecular weight excluding hydrogens is 332 g/mol. The first kappa shape index (κ1) is 17.1. The van der Waals surface area contributed by atoms with E-state index in [9.17, 15) is 0 Å². The summed E-state index contributed by atoms with van der Waals surface area (Å²) in [5.41, 5.74) is 6.24. The molecule has 0 aliphatic rings. The lowest BCUT2D eigenvalue weighted by molar-refractivity contribution is 0.590. The van der Waals surface area contributed by atoms with E-state index in [-0.39, 0.29) is 5.41 Å². The van der Waals surface area contributed by atoms with Crippen LogP contribution in [0.3, 0.4) is 0 Å². The molecule has 3 aromatic carbocycles. The molecule has 0 aliphatic carbocycles. The molecule has 0 amide bonds. The van der Waals surface area contributed by atoms with Gasteiger partial charge in [-0.15, -0.1) is 0 Å². The topological polar surface area (TPSA) is 0 Å². The van der Waals surface area contributed by atoms with Crippen molar-refractivity contribution in [1.29, 1.82) is 0 Å². The van der Waals surface area contributed by atoms with Gasteiger partial charge >= 0.3 is 0 Å². The highest BCUT2D eigenvalue weighted by atomic mass is 35.7. The third kappa shape index (κ3) is 3.53. The summed E-state index contributed by atoms with van der Waals surface area (Å²) in [5, 5.41) is 0. The van der Waals surface area contributed by atoms with E-state index in [0.29, 0.717) is 0 Å². The minimum Gasteiger partial charge on any atom is -0.0622 e. The van der Waals surface area contributed by atoms with Gasteiger partial charge in [-0.3, -0.25) is 0 Å². The van der Waals surface area contributed by atoms with Gasteiger partial charge in [0.2, 0.25) is 0 Å². The van der Waals surface area contributed by atoms with Crippen molar-refractivity contribution in [2.75, 3.05) is 0 Å². The normalized spacial score (nSPS) is 11.5. The number of benzene rings is 3. The van der Waals surface area contributed by atoms with Crippen LogP contribution in [0.4, 0.5) is 0 Å². The average Bonchev–Trinajstić information content (AvgIpc) is 2.61. The summed E-state index contributed by atoms with van der Waals surface area (Å²) in [6, 6.07) is 25.6. The van der Waals surface area contributed by atoms with Gasteiger partial charge in [0.15, 0.2) is 0 Å². The van der Waals surface area contributed by atoms with Crippen LogP contribution in [0.2, 0.25) is 0 Å². The quantitative estimate of drug-likeness (QED) is 0.468. The highest BCUT2D eigenvalue weighted by Crippen LogP contribution is 2.41. The second kappa shape index (κ2) is 7.04. The first-order chi connectivity index (χ1) is 11.5. The van der Waals surface area contributed by atoms with Crippen molar-refractivity contribution in [3.05, 3.63) is 78.4 Å². The maximum atomic E-state index is 6.26. The second-order valence-electron chi connectivity index (χ2n) is 6.95. The second-order valence-corrected chi connectivity index (χ2v) is 7.98.